The van der Waals surface area contributed by atoms with Gasteiger partial charge in [0, 0.05) is 33.7 Å². The van der Waals surface area contributed by atoms with Crippen molar-refractivity contribution in [2.45, 2.75) is 88.9 Å². The molecule has 2 fully saturated rings. The number of hydrogen-bond donors (Lipinski definition) is 4. The average Bonchev–Trinajstić information content (AvgIpc) is 3.34. The lowest BCUT2D eigenvalue weighted by Crippen LogP contribution is -2.51. The molecule has 1 saturated heterocycles. The molecule has 3 aliphatic rings. The molecular formula is C31H40Cl2FN3O3. The number of rotatable bonds is 7. The first-order valence-electron chi connectivity index (χ1n) is 13.9. The fourth-order valence-electron chi connectivity index (χ4n) is 6.57. The number of allylic oxidation sites excluding steroid dienone is 4. The molecule has 1 aliphatic carbocycles. The van der Waals surface area contributed by atoms with Gasteiger partial charge in [-0.05, 0) is 73.8 Å². The van der Waals surface area contributed by atoms with Gasteiger partial charge in [0.15, 0.2) is 0 Å². The van der Waals surface area contributed by atoms with Gasteiger partial charge in [-0.1, -0.05) is 68.8 Å². The Morgan fingerprint density at radius 3 is 2.60 bits per heavy atom. The number of carbonyl (C=O) groups excluding carboxylic acids is 2. The van der Waals surface area contributed by atoms with Crippen LogP contribution in [-0.2, 0) is 15.0 Å². The van der Waals surface area contributed by atoms with Crippen LogP contribution in [0.2, 0.25) is 5.02 Å². The topological polar surface area (TPSA) is 90.5 Å². The third-order valence-electron chi connectivity index (χ3n) is 8.43. The maximum absolute atomic E-state index is 14.1. The van der Waals surface area contributed by atoms with Crippen LogP contribution in [0.4, 0.5) is 10.1 Å². The Labute approximate surface area is 246 Å². The third-order valence-corrected chi connectivity index (χ3v) is 8.89. The van der Waals surface area contributed by atoms with Gasteiger partial charge >= 0.3 is 0 Å². The van der Waals surface area contributed by atoms with Gasteiger partial charge in [0.05, 0.1) is 11.6 Å². The number of amides is 2. The molecule has 218 valence electrons. The smallest absolute Gasteiger partial charge is 0.238 e. The van der Waals surface area contributed by atoms with E-state index < -0.39 is 35.7 Å². The molecule has 2 aliphatic heterocycles. The molecule has 0 bridgehead atoms. The molecule has 1 saturated carbocycles. The van der Waals surface area contributed by atoms with E-state index in [0.29, 0.717) is 48.4 Å². The van der Waals surface area contributed by atoms with E-state index in [2.05, 4.69) is 43.3 Å². The summed E-state index contributed by atoms with van der Waals surface area (Å²) >= 11 is 12.2. The van der Waals surface area contributed by atoms with Gasteiger partial charge in [0.25, 0.3) is 0 Å². The second kappa shape index (κ2) is 11.6. The quantitative estimate of drug-likeness (QED) is 0.295. The number of anilines is 1. The van der Waals surface area contributed by atoms with Crippen LogP contribution in [0.3, 0.4) is 0 Å². The van der Waals surface area contributed by atoms with Crippen LogP contribution in [0, 0.1) is 11.3 Å². The van der Waals surface area contributed by atoms with Gasteiger partial charge < -0.3 is 21.1 Å². The molecule has 9 heteroatoms. The summed E-state index contributed by atoms with van der Waals surface area (Å²) in [6.45, 7) is 11.7. The van der Waals surface area contributed by atoms with Crippen molar-refractivity contribution in [2.24, 2.45) is 11.3 Å². The van der Waals surface area contributed by atoms with Crippen molar-refractivity contribution in [1.29, 1.82) is 0 Å². The molecule has 1 spiro atoms. The molecule has 0 aromatic heterocycles. The molecule has 0 radical (unpaired) electrons. The maximum atomic E-state index is 14.1. The predicted molar refractivity (Wildman–Crippen MR) is 159 cm³/mol. The van der Waals surface area contributed by atoms with Crippen LogP contribution in [-0.4, -0.2) is 47.3 Å². The van der Waals surface area contributed by atoms with Crippen molar-refractivity contribution in [1.82, 2.24) is 10.6 Å². The molecule has 2 heterocycles. The largest absolute Gasteiger partial charge is 0.390 e. The second-order valence-electron chi connectivity index (χ2n) is 12.9. The molecule has 0 unspecified atom stereocenters. The zero-order chi connectivity index (χ0) is 29.5. The van der Waals surface area contributed by atoms with Crippen LogP contribution in [0.1, 0.15) is 65.4 Å². The lowest BCUT2D eigenvalue weighted by atomic mass is 9.62. The van der Waals surface area contributed by atoms with E-state index in [1.807, 2.05) is 13.0 Å². The number of benzene rings is 1. The van der Waals surface area contributed by atoms with Gasteiger partial charge in [0.2, 0.25) is 11.8 Å². The van der Waals surface area contributed by atoms with Gasteiger partial charge in [-0.3, -0.25) is 9.59 Å². The zero-order valence-electron chi connectivity index (χ0n) is 23.6. The number of hydrogen-bond acceptors (Lipinski definition) is 4. The molecule has 4 atom stereocenters. The Bertz CT molecular complexity index is 1230. The van der Waals surface area contributed by atoms with E-state index in [-0.39, 0.29) is 28.3 Å². The van der Waals surface area contributed by atoms with Crippen molar-refractivity contribution >= 4 is 40.7 Å². The van der Waals surface area contributed by atoms with Crippen LogP contribution in [0.25, 0.3) is 0 Å². The number of nitrogens with one attached hydrogen (secondary N) is 3. The summed E-state index contributed by atoms with van der Waals surface area (Å²) in [5.74, 6) is -1.08. The summed E-state index contributed by atoms with van der Waals surface area (Å²) in [5.41, 5.74) is -0.0915. The van der Waals surface area contributed by atoms with Crippen molar-refractivity contribution in [2.75, 3.05) is 12.0 Å². The fourth-order valence-corrected chi connectivity index (χ4v) is 6.82. The summed E-state index contributed by atoms with van der Waals surface area (Å²) < 4.78 is 13.0. The van der Waals surface area contributed by atoms with E-state index in [1.165, 1.54) is 6.08 Å². The molecule has 2 amide bonds. The van der Waals surface area contributed by atoms with Crippen molar-refractivity contribution in [3.05, 3.63) is 64.2 Å². The summed E-state index contributed by atoms with van der Waals surface area (Å²) in [7, 11) is 0. The number of fused-ring (bicyclic) bond motifs is 2. The first kappa shape index (κ1) is 30.8. The van der Waals surface area contributed by atoms with Crippen LogP contribution < -0.4 is 16.0 Å². The van der Waals surface area contributed by atoms with E-state index in [0.717, 1.165) is 5.56 Å². The second-order valence-corrected chi connectivity index (χ2v) is 13.8. The molecule has 6 nitrogen and oxygen atoms in total. The number of alkyl halides is 1. The Morgan fingerprint density at radius 2 is 1.98 bits per heavy atom. The first-order valence-corrected chi connectivity index (χ1v) is 14.6. The highest BCUT2D eigenvalue weighted by atomic mass is 35.5. The van der Waals surface area contributed by atoms with Gasteiger partial charge in [-0.2, -0.15) is 0 Å². The lowest BCUT2D eigenvalue weighted by Gasteiger charge is -2.38. The third kappa shape index (κ3) is 6.18. The summed E-state index contributed by atoms with van der Waals surface area (Å²) in [6, 6.07) is 4.12. The molecule has 1 aromatic rings. The molecule has 1 aromatic carbocycles. The lowest BCUT2D eigenvalue weighted by molar-refractivity contribution is -0.125. The fraction of sp³-hybridized carbons (Fsp3) is 0.548. The van der Waals surface area contributed by atoms with Crippen LogP contribution in [0.5, 0.6) is 0 Å². The molecule has 40 heavy (non-hydrogen) atoms. The minimum absolute atomic E-state index is 0.0370. The normalized spacial score (nSPS) is 32.4. The van der Waals surface area contributed by atoms with E-state index in [9.17, 15) is 19.1 Å². The Hall–Kier alpha value is -2.19. The summed E-state index contributed by atoms with van der Waals surface area (Å²) in [5, 5.41) is 20.7. The highest BCUT2D eigenvalue weighted by Crippen LogP contribution is 2.55. The first-order chi connectivity index (χ1) is 18.7. The van der Waals surface area contributed by atoms with Crippen molar-refractivity contribution in [3.8, 4) is 0 Å². The van der Waals surface area contributed by atoms with Gasteiger partial charge in [-0.15, -0.1) is 0 Å². The predicted octanol–water partition coefficient (Wildman–Crippen LogP) is 5.94. The SMILES string of the molecule is C=C(/C=C\C=C(\Cl)CF)[C@H]1[C@H](C(=O)N[C@H]2CC[C@@](C)(O)CC2)N[C@@H](CC(C)(C)C)[C@@]12C(=O)Nc1cc(Cl)ccc12. The monoisotopic (exact) mass is 591 g/mol. The molecular weight excluding hydrogens is 552 g/mol. The molecule has 4 rings (SSSR count). The Balaban J connectivity index is 1.79. The highest BCUT2D eigenvalue weighted by molar-refractivity contribution is 6.31. The highest BCUT2D eigenvalue weighted by Gasteiger charge is 2.65. The van der Waals surface area contributed by atoms with Gasteiger partial charge in [0.1, 0.15) is 12.1 Å². The number of halogens is 3. The average molecular weight is 593 g/mol. The zero-order valence-corrected chi connectivity index (χ0v) is 25.1. The maximum Gasteiger partial charge on any atom is 0.238 e. The van der Waals surface area contributed by atoms with E-state index in [4.69, 9.17) is 23.2 Å². The van der Waals surface area contributed by atoms with Crippen molar-refractivity contribution < 1.29 is 19.1 Å². The minimum Gasteiger partial charge on any atom is -0.390 e. The van der Waals surface area contributed by atoms with Crippen LogP contribution in [0.15, 0.2) is 53.6 Å². The minimum atomic E-state index is -1.14. The number of carbonyl (C=O) groups is 2. The van der Waals surface area contributed by atoms with Crippen molar-refractivity contribution in [3.63, 3.8) is 0 Å². The van der Waals surface area contributed by atoms with Crippen LogP contribution >= 0.6 is 23.2 Å². The summed E-state index contributed by atoms with van der Waals surface area (Å²) in [4.78, 5) is 28.1. The number of aliphatic hydroxyl groups is 1. The standard InChI is InChI=1S/C31H40Cl2FN3O3/c1-18(7-6-8-20(33)17-34)25-26(27(38)35-21-11-13-30(5,40)14-12-21)37-24(16-29(2,3)4)31(25)22-10-9-19(32)15-23(22)36-28(31)39/h6-10,15,21,24-26,37,40H,1,11-14,16-17H2,2-5H3,(H,35,38)(H,36,39)/b7-6-,20-8+/t21-,24-,25-,26+,30+,31+/m0/s1. The Kier molecular flexibility index (Phi) is 8.92. The van der Waals surface area contributed by atoms with E-state index in [1.54, 1.807) is 24.3 Å². The van der Waals surface area contributed by atoms with Gasteiger partial charge in [-0.25, -0.2) is 4.39 Å². The molecule has 4 N–H and O–H groups in total. The van der Waals surface area contributed by atoms with E-state index >= 15 is 0 Å². The summed E-state index contributed by atoms with van der Waals surface area (Å²) in [6.07, 6.45) is 7.89. The Morgan fingerprint density at radius 1 is 1.30 bits per heavy atom.